The number of rotatable bonds is 4. The molecule has 1 saturated carbocycles. The summed E-state index contributed by atoms with van der Waals surface area (Å²) in [4.78, 5) is 4.16. The Labute approximate surface area is 95.1 Å². The first-order valence-electron chi connectivity index (χ1n) is 5.15. The number of hydrogen-bond acceptors (Lipinski definition) is 4. The molecule has 2 rings (SSSR count). The molecule has 6 heteroatoms. The normalized spacial score (nSPS) is 18.4. The van der Waals surface area contributed by atoms with E-state index in [0.29, 0.717) is 5.69 Å². The van der Waals surface area contributed by atoms with E-state index >= 15 is 0 Å². The van der Waals surface area contributed by atoms with Crippen molar-refractivity contribution >= 4 is 10.0 Å². The Hall–Kier alpha value is -0.980. The number of nitrogens with zero attached hydrogens (tertiary/aromatic N) is 1. The van der Waals surface area contributed by atoms with E-state index in [1.807, 2.05) is 6.92 Å². The highest BCUT2D eigenvalue weighted by Gasteiger charge is 2.41. The van der Waals surface area contributed by atoms with Gasteiger partial charge in [0.2, 0.25) is 10.0 Å². The van der Waals surface area contributed by atoms with Crippen LogP contribution in [0.4, 0.5) is 0 Å². The highest BCUT2D eigenvalue weighted by Crippen LogP contribution is 2.36. The van der Waals surface area contributed by atoms with Gasteiger partial charge in [0.05, 0.1) is 5.69 Å². The average Bonchev–Trinajstić information content (AvgIpc) is 2.95. The fraction of sp³-hybridized carbons (Fsp3) is 0.500. The number of pyridine rings is 1. The van der Waals surface area contributed by atoms with Gasteiger partial charge in [0, 0.05) is 18.3 Å². The van der Waals surface area contributed by atoms with Gasteiger partial charge < -0.3 is 5.73 Å². The summed E-state index contributed by atoms with van der Waals surface area (Å²) in [5, 5.41) is 0. The van der Waals surface area contributed by atoms with Crippen molar-refractivity contribution in [2.45, 2.75) is 36.7 Å². The molecule has 1 aromatic rings. The minimum Gasteiger partial charge on any atom is -0.325 e. The number of aromatic nitrogens is 1. The van der Waals surface area contributed by atoms with Crippen molar-refractivity contribution in [1.82, 2.24) is 9.71 Å². The summed E-state index contributed by atoms with van der Waals surface area (Å²) in [7, 11) is -3.49. The van der Waals surface area contributed by atoms with Gasteiger partial charge in [-0.2, -0.15) is 0 Å². The standard InChI is InChI=1S/C10H15N3O2S/c1-10(4-5-10)13-16(14,15)9-3-2-6-12-8(9)7-11/h2-3,6,13H,4-5,7,11H2,1H3. The van der Waals surface area contributed by atoms with Crippen LogP contribution in [0.1, 0.15) is 25.5 Å². The van der Waals surface area contributed by atoms with E-state index in [0.717, 1.165) is 12.8 Å². The van der Waals surface area contributed by atoms with Crippen molar-refractivity contribution in [3.8, 4) is 0 Å². The van der Waals surface area contributed by atoms with Crippen molar-refractivity contribution in [3.05, 3.63) is 24.0 Å². The van der Waals surface area contributed by atoms with Crippen LogP contribution in [0.25, 0.3) is 0 Å². The largest absolute Gasteiger partial charge is 0.325 e. The van der Waals surface area contributed by atoms with Gasteiger partial charge in [-0.05, 0) is 31.9 Å². The van der Waals surface area contributed by atoms with Crippen LogP contribution < -0.4 is 10.5 Å². The molecule has 1 aliphatic rings. The molecular weight excluding hydrogens is 226 g/mol. The van der Waals surface area contributed by atoms with E-state index < -0.39 is 10.0 Å². The van der Waals surface area contributed by atoms with Crippen molar-refractivity contribution < 1.29 is 8.42 Å². The van der Waals surface area contributed by atoms with Gasteiger partial charge in [-0.25, -0.2) is 13.1 Å². The summed E-state index contributed by atoms with van der Waals surface area (Å²) in [5.41, 5.74) is 5.60. The molecule has 0 radical (unpaired) electrons. The maximum absolute atomic E-state index is 12.1. The van der Waals surface area contributed by atoms with E-state index in [1.54, 1.807) is 12.3 Å². The van der Waals surface area contributed by atoms with E-state index in [2.05, 4.69) is 9.71 Å². The van der Waals surface area contributed by atoms with Gasteiger partial charge in [0.1, 0.15) is 4.90 Å². The van der Waals surface area contributed by atoms with Crippen molar-refractivity contribution in [2.75, 3.05) is 0 Å². The second kappa shape index (κ2) is 3.80. The molecule has 16 heavy (non-hydrogen) atoms. The first-order valence-corrected chi connectivity index (χ1v) is 6.63. The van der Waals surface area contributed by atoms with Gasteiger partial charge in [-0.3, -0.25) is 4.98 Å². The first-order chi connectivity index (χ1) is 7.47. The molecule has 88 valence electrons. The van der Waals surface area contributed by atoms with Crippen molar-refractivity contribution in [2.24, 2.45) is 5.73 Å². The Morgan fingerprint density at radius 2 is 2.25 bits per heavy atom. The molecule has 1 heterocycles. The lowest BCUT2D eigenvalue weighted by Gasteiger charge is -2.13. The van der Waals surface area contributed by atoms with Crippen LogP contribution in [0.15, 0.2) is 23.2 Å². The van der Waals surface area contributed by atoms with Crippen LogP contribution >= 0.6 is 0 Å². The van der Waals surface area contributed by atoms with E-state index in [9.17, 15) is 8.42 Å². The highest BCUT2D eigenvalue weighted by atomic mass is 32.2. The van der Waals surface area contributed by atoms with Gasteiger partial charge in [-0.15, -0.1) is 0 Å². The van der Waals surface area contributed by atoms with Gasteiger partial charge >= 0.3 is 0 Å². The Balaban J connectivity index is 2.35. The van der Waals surface area contributed by atoms with Crippen LogP contribution in [0.2, 0.25) is 0 Å². The second-order valence-electron chi connectivity index (χ2n) is 4.32. The minimum atomic E-state index is -3.49. The number of sulfonamides is 1. The Morgan fingerprint density at radius 1 is 1.56 bits per heavy atom. The summed E-state index contributed by atoms with van der Waals surface area (Å²) < 4.78 is 26.8. The lowest BCUT2D eigenvalue weighted by Crippen LogP contribution is -2.35. The summed E-state index contributed by atoms with van der Waals surface area (Å²) in [5.74, 6) is 0. The molecule has 0 amide bonds. The predicted octanol–water partition coefficient (Wildman–Crippen LogP) is 0.371. The summed E-state index contributed by atoms with van der Waals surface area (Å²) >= 11 is 0. The minimum absolute atomic E-state index is 0.119. The predicted molar refractivity (Wildman–Crippen MR) is 60.1 cm³/mol. The SMILES string of the molecule is CC1(NS(=O)(=O)c2cccnc2CN)CC1. The molecule has 1 aliphatic carbocycles. The zero-order chi connectivity index (χ0) is 11.8. The zero-order valence-corrected chi connectivity index (χ0v) is 9.92. The highest BCUT2D eigenvalue weighted by molar-refractivity contribution is 7.89. The first kappa shape index (κ1) is 11.5. The quantitative estimate of drug-likeness (QED) is 0.797. The molecule has 3 N–H and O–H groups in total. The molecule has 0 aromatic carbocycles. The molecule has 0 bridgehead atoms. The molecular formula is C10H15N3O2S. The van der Waals surface area contributed by atoms with Gasteiger partial charge in [0.25, 0.3) is 0 Å². The van der Waals surface area contributed by atoms with E-state index in [-0.39, 0.29) is 17.0 Å². The molecule has 0 spiro atoms. The van der Waals surface area contributed by atoms with Crippen LogP contribution in [0, 0.1) is 0 Å². The number of nitrogens with one attached hydrogen (secondary N) is 1. The van der Waals surface area contributed by atoms with Crippen LogP contribution in [-0.4, -0.2) is 18.9 Å². The van der Waals surface area contributed by atoms with Crippen molar-refractivity contribution in [1.29, 1.82) is 0 Å². The smallest absolute Gasteiger partial charge is 0.242 e. The molecule has 1 aromatic heterocycles. The summed E-state index contributed by atoms with van der Waals surface area (Å²) in [6, 6.07) is 3.13. The maximum Gasteiger partial charge on any atom is 0.242 e. The third-order valence-corrected chi connectivity index (χ3v) is 4.42. The third kappa shape index (κ3) is 2.23. The Morgan fingerprint density at radius 3 is 2.81 bits per heavy atom. The van der Waals surface area contributed by atoms with Crippen molar-refractivity contribution in [3.63, 3.8) is 0 Å². The molecule has 0 atom stereocenters. The monoisotopic (exact) mass is 241 g/mol. The number of hydrogen-bond donors (Lipinski definition) is 2. The van der Waals surface area contributed by atoms with E-state index in [4.69, 9.17) is 5.73 Å². The van der Waals surface area contributed by atoms with E-state index in [1.165, 1.54) is 6.07 Å². The maximum atomic E-state index is 12.1. The summed E-state index contributed by atoms with van der Waals surface area (Å²) in [6.45, 7) is 2.01. The average molecular weight is 241 g/mol. The number of nitrogens with two attached hydrogens (primary N) is 1. The lowest BCUT2D eigenvalue weighted by molar-refractivity contribution is 0.556. The van der Waals surface area contributed by atoms with Gasteiger partial charge in [0.15, 0.2) is 0 Å². The molecule has 5 nitrogen and oxygen atoms in total. The zero-order valence-electron chi connectivity index (χ0n) is 9.10. The molecule has 0 aliphatic heterocycles. The fourth-order valence-corrected chi connectivity index (χ4v) is 3.16. The Kier molecular flexibility index (Phi) is 2.73. The summed E-state index contributed by atoms with van der Waals surface area (Å²) in [6.07, 6.45) is 3.30. The Bertz CT molecular complexity index is 495. The fourth-order valence-electron chi connectivity index (χ4n) is 1.49. The third-order valence-electron chi connectivity index (χ3n) is 2.71. The van der Waals surface area contributed by atoms with Crippen LogP contribution in [0.5, 0.6) is 0 Å². The molecule has 0 saturated heterocycles. The van der Waals surface area contributed by atoms with Crippen LogP contribution in [-0.2, 0) is 16.6 Å². The second-order valence-corrected chi connectivity index (χ2v) is 5.97. The van der Waals surface area contributed by atoms with Gasteiger partial charge in [-0.1, -0.05) is 0 Å². The molecule has 0 unspecified atom stereocenters. The lowest BCUT2D eigenvalue weighted by atomic mass is 10.3. The van der Waals surface area contributed by atoms with Crippen LogP contribution in [0.3, 0.4) is 0 Å². The molecule has 1 fully saturated rings. The topological polar surface area (TPSA) is 85.1 Å².